The number of ketones is 1. The standard InChI is InChI=1S/C22H12BrClO4/c23-15-5-1-3-13(9-15)10-20-21(25)18-8-7-17(12-19(18)28-20)27-22(26)14-4-2-6-16(24)11-14/h1-12H/b20-10-. The average molecular weight is 456 g/mol. The second-order valence-electron chi connectivity index (χ2n) is 6.05. The van der Waals surface area contributed by atoms with Crippen LogP contribution < -0.4 is 9.47 Å². The number of hydrogen-bond donors (Lipinski definition) is 0. The molecule has 0 N–H and O–H groups in total. The Labute approximate surface area is 174 Å². The van der Waals surface area contributed by atoms with Crippen LogP contribution in [0, 0.1) is 0 Å². The van der Waals surface area contributed by atoms with Gasteiger partial charge in [0.2, 0.25) is 5.78 Å². The molecule has 0 amide bonds. The van der Waals surface area contributed by atoms with Crippen LogP contribution in [-0.4, -0.2) is 11.8 Å². The van der Waals surface area contributed by atoms with Crippen LogP contribution in [0.4, 0.5) is 0 Å². The molecule has 0 fully saturated rings. The Kier molecular flexibility index (Phi) is 5.03. The molecule has 4 nitrogen and oxygen atoms in total. The zero-order valence-electron chi connectivity index (χ0n) is 14.3. The second kappa shape index (κ2) is 7.62. The third-order valence-corrected chi connectivity index (χ3v) is 4.79. The van der Waals surface area contributed by atoms with Crippen LogP contribution in [0.15, 0.2) is 77.0 Å². The fourth-order valence-electron chi connectivity index (χ4n) is 2.76. The average Bonchev–Trinajstić information content (AvgIpc) is 2.97. The van der Waals surface area contributed by atoms with E-state index in [9.17, 15) is 9.59 Å². The van der Waals surface area contributed by atoms with E-state index in [4.69, 9.17) is 21.1 Å². The topological polar surface area (TPSA) is 52.6 Å². The summed E-state index contributed by atoms with van der Waals surface area (Å²) in [5, 5.41) is 0.444. The van der Waals surface area contributed by atoms with Gasteiger partial charge in [0.05, 0.1) is 11.1 Å². The summed E-state index contributed by atoms with van der Waals surface area (Å²) in [4.78, 5) is 24.8. The first-order valence-corrected chi connectivity index (χ1v) is 9.48. The van der Waals surface area contributed by atoms with E-state index in [2.05, 4.69) is 15.9 Å². The van der Waals surface area contributed by atoms with Crippen LogP contribution in [0.3, 0.4) is 0 Å². The fourth-order valence-corrected chi connectivity index (χ4v) is 3.37. The Hall–Kier alpha value is -2.89. The minimum Gasteiger partial charge on any atom is -0.452 e. The predicted molar refractivity (Wildman–Crippen MR) is 110 cm³/mol. The lowest BCUT2D eigenvalue weighted by Crippen LogP contribution is -2.08. The molecule has 1 aliphatic rings. The largest absolute Gasteiger partial charge is 0.452 e. The van der Waals surface area contributed by atoms with Crippen molar-refractivity contribution in [2.45, 2.75) is 0 Å². The molecule has 1 aliphatic heterocycles. The Morgan fingerprint density at radius 1 is 1.04 bits per heavy atom. The minimum absolute atomic E-state index is 0.214. The van der Waals surface area contributed by atoms with E-state index in [-0.39, 0.29) is 17.3 Å². The summed E-state index contributed by atoms with van der Waals surface area (Å²) in [6, 6.07) is 18.7. The molecular weight excluding hydrogens is 444 g/mol. The van der Waals surface area contributed by atoms with Gasteiger partial charge in [0.15, 0.2) is 5.76 Å². The highest BCUT2D eigenvalue weighted by molar-refractivity contribution is 9.10. The van der Waals surface area contributed by atoms with Crippen LogP contribution in [0.1, 0.15) is 26.3 Å². The lowest BCUT2D eigenvalue weighted by Gasteiger charge is -2.06. The van der Waals surface area contributed by atoms with Crippen LogP contribution in [0.5, 0.6) is 11.5 Å². The molecule has 0 spiro atoms. The van der Waals surface area contributed by atoms with Crippen LogP contribution in [0.25, 0.3) is 6.08 Å². The van der Waals surface area contributed by atoms with Gasteiger partial charge in [-0.25, -0.2) is 4.79 Å². The lowest BCUT2D eigenvalue weighted by atomic mass is 10.1. The maximum Gasteiger partial charge on any atom is 0.343 e. The molecule has 6 heteroatoms. The van der Waals surface area contributed by atoms with Crippen LogP contribution in [0.2, 0.25) is 5.02 Å². The Morgan fingerprint density at radius 2 is 1.86 bits per heavy atom. The fraction of sp³-hybridized carbons (Fsp3) is 0. The molecule has 0 radical (unpaired) electrons. The molecule has 1 heterocycles. The minimum atomic E-state index is -0.545. The molecule has 0 aliphatic carbocycles. The number of ether oxygens (including phenoxy) is 2. The number of benzene rings is 3. The number of carbonyl (C=O) groups excluding carboxylic acids is 2. The molecule has 4 rings (SSSR count). The molecule has 0 aromatic heterocycles. The number of allylic oxidation sites excluding steroid dienone is 1. The highest BCUT2D eigenvalue weighted by Gasteiger charge is 2.28. The van der Waals surface area contributed by atoms with Crippen molar-refractivity contribution in [1.82, 2.24) is 0 Å². The van der Waals surface area contributed by atoms with E-state index in [1.165, 1.54) is 12.1 Å². The van der Waals surface area contributed by atoms with E-state index in [0.29, 0.717) is 21.9 Å². The maximum atomic E-state index is 12.6. The van der Waals surface area contributed by atoms with Gasteiger partial charge >= 0.3 is 5.97 Å². The molecule has 0 unspecified atom stereocenters. The lowest BCUT2D eigenvalue weighted by molar-refractivity contribution is 0.0734. The van der Waals surface area contributed by atoms with Gasteiger partial charge in [0.25, 0.3) is 0 Å². The number of esters is 1. The molecule has 0 saturated carbocycles. The second-order valence-corrected chi connectivity index (χ2v) is 7.40. The van der Waals surface area contributed by atoms with E-state index < -0.39 is 5.97 Å². The zero-order chi connectivity index (χ0) is 19.7. The number of rotatable bonds is 3. The molecular formula is C22H12BrClO4. The first-order chi connectivity index (χ1) is 13.5. The number of Topliss-reactive ketones (excluding diaryl/α,β-unsaturated/α-hetero) is 1. The van der Waals surface area contributed by atoms with E-state index >= 15 is 0 Å². The maximum absolute atomic E-state index is 12.6. The molecule has 0 atom stereocenters. The van der Waals surface area contributed by atoms with Crippen molar-refractivity contribution in [3.63, 3.8) is 0 Å². The summed E-state index contributed by atoms with van der Waals surface area (Å²) in [7, 11) is 0. The Bertz CT molecular complexity index is 1140. The Morgan fingerprint density at radius 3 is 2.64 bits per heavy atom. The third-order valence-electron chi connectivity index (χ3n) is 4.06. The molecule has 0 saturated heterocycles. The van der Waals surface area contributed by atoms with Crippen molar-refractivity contribution < 1.29 is 19.1 Å². The third kappa shape index (κ3) is 3.86. The normalized spacial score (nSPS) is 13.9. The van der Waals surface area contributed by atoms with Gasteiger partial charge in [-0.05, 0) is 54.1 Å². The smallest absolute Gasteiger partial charge is 0.343 e. The first-order valence-electron chi connectivity index (χ1n) is 8.31. The summed E-state index contributed by atoms with van der Waals surface area (Å²) >= 11 is 9.30. The van der Waals surface area contributed by atoms with E-state index in [1.54, 1.807) is 36.4 Å². The van der Waals surface area contributed by atoms with Gasteiger partial charge in [0, 0.05) is 15.6 Å². The summed E-state index contributed by atoms with van der Waals surface area (Å²) in [6.07, 6.45) is 1.67. The molecule has 28 heavy (non-hydrogen) atoms. The van der Waals surface area contributed by atoms with Gasteiger partial charge < -0.3 is 9.47 Å². The van der Waals surface area contributed by atoms with Crippen molar-refractivity contribution >= 4 is 45.4 Å². The Balaban J connectivity index is 1.56. The van der Waals surface area contributed by atoms with Crippen LogP contribution in [-0.2, 0) is 0 Å². The summed E-state index contributed by atoms with van der Waals surface area (Å²) in [6.45, 7) is 0. The van der Waals surface area contributed by atoms with Crippen molar-refractivity contribution in [3.8, 4) is 11.5 Å². The number of fused-ring (bicyclic) bond motifs is 1. The molecule has 0 bridgehead atoms. The molecule has 138 valence electrons. The number of carbonyl (C=O) groups is 2. The highest BCUT2D eigenvalue weighted by Crippen LogP contribution is 2.35. The highest BCUT2D eigenvalue weighted by atomic mass is 79.9. The quantitative estimate of drug-likeness (QED) is 0.279. The van der Waals surface area contributed by atoms with Gasteiger partial charge in [-0.1, -0.05) is 45.7 Å². The van der Waals surface area contributed by atoms with Gasteiger partial charge in [-0.3, -0.25) is 4.79 Å². The monoisotopic (exact) mass is 454 g/mol. The molecule has 3 aromatic rings. The zero-order valence-corrected chi connectivity index (χ0v) is 16.7. The van der Waals surface area contributed by atoms with E-state index in [0.717, 1.165) is 10.0 Å². The summed E-state index contributed by atoms with van der Waals surface area (Å²) in [5.41, 5.74) is 1.59. The predicted octanol–water partition coefficient (Wildman–Crippen LogP) is 5.94. The first kappa shape index (κ1) is 18.5. The van der Waals surface area contributed by atoms with Crippen molar-refractivity contribution in [2.24, 2.45) is 0 Å². The van der Waals surface area contributed by atoms with Crippen molar-refractivity contribution in [3.05, 3.63) is 98.7 Å². The van der Waals surface area contributed by atoms with Gasteiger partial charge in [-0.15, -0.1) is 0 Å². The number of halogens is 2. The van der Waals surface area contributed by atoms with Crippen LogP contribution >= 0.6 is 27.5 Å². The van der Waals surface area contributed by atoms with E-state index in [1.807, 2.05) is 24.3 Å². The summed E-state index contributed by atoms with van der Waals surface area (Å²) < 4.78 is 12.0. The van der Waals surface area contributed by atoms with Crippen molar-refractivity contribution in [1.29, 1.82) is 0 Å². The SMILES string of the molecule is O=C(Oc1ccc2c(c1)O/C(=C\c1cccc(Br)c1)C2=O)c1cccc(Cl)c1. The molecule has 3 aromatic carbocycles. The summed E-state index contributed by atoms with van der Waals surface area (Å²) in [5.74, 6) is 0.0775. The number of hydrogen-bond acceptors (Lipinski definition) is 4. The van der Waals surface area contributed by atoms with Gasteiger partial charge in [-0.2, -0.15) is 0 Å². The van der Waals surface area contributed by atoms with Crippen molar-refractivity contribution in [2.75, 3.05) is 0 Å². The van der Waals surface area contributed by atoms with Gasteiger partial charge in [0.1, 0.15) is 11.5 Å².